The Morgan fingerprint density at radius 1 is 1.62 bits per heavy atom. The summed E-state index contributed by atoms with van der Waals surface area (Å²) in [4.78, 5) is 0. The molecule has 1 rings (SSSR count). The SMILES string of the molecule is CCC1CC[CH]C1C. The molecule has 1 aliphatic rings. The zero-order valence-corrected chi connectivity index (χ0v) is 5.85. The van der Waals surface area contributed by atoms with Crippen LogP contribution in [-0.4, -0.2) is 0 Å². The Morgan fingerprint density at radius 3 is 2.62 bits per heavy atom. The van der Waals surface area contributed by atoms with Gasteiger partial charge in [-0.05, 0) is 31.1 Å². The largest absolute Gasteiger partial charge is 0.0651 e. The first-order valence-corrected chi connectivity index (χ1v) is 3.68. The Balaban J connectivity index is 2.30. The Hall–Kier alpha value is 0. The highest BCUT2D eigenvalue weighted by Gasteiger charge is 2.20. The standard InChI is InChI=1S/C8H15/c1-3-8-6-4-5-7(8)2/h5,7-8H,3-4,6H2,1-2H3. The number of hydrogen-bond donors (Lipinski definition) is 0. The van der Waals surface area contributed by atoms with Crippen molar-refractivity contribution in [1.82, 2.24) is 0 Å². The van der Waals surface area contributed by atoms with E-state index < -0.39 is 0 Å². The van der Waals surface area contributed by atoms with Crippen LogP contribution < -0.4 is 0 Å². The van der Waals surface area contributed by atoms with E-state index in [-0.39, 0.29) is 0 Å². The molecule has 2 unspecified atom stereocenters. The predicted octanol–water partition coefficient (Wildman–Crippen LogP) is 2.65. The van der Waals surface area contributed by atoms with Crippen molar-refractivity contribution in [2.45, 2.75) is 33.1 Å². The van der Waals surface area contributed by atoms with Gasteiger partial charge in [-0.3, -0.25) is 0 Å². The van der Waals surface area contributed by atoms with Crippen LogP contribution >= 0.6 is 0 Å². The highest BCUT2D eigenvalue weighted by Crippen LogP contribution is 2.31. The van der Waals surface area contributed by atoms with Gasteiger partial charge >= 0.3 is 0 Å². The maximum Gasteiger partial charge on any atom is -0.0355 e. The van der Waals surface area contributed by atoms with Crippen molar-refractivity contribution >= 4 is 0 Å². The molecule has 0 aliphatic heterocycles. The average Bonchev–Trinajstić information content (AvgIpc) is 2.14. The molecule has 0 heterocycles. The molecule has 1 saturated carbocycles. The third-order valence-corrected chi connectivity index (χ3v) is 2.34. The van der Waals surface area contributed by atoms with Gasteiger partial charge in [-0.1, -0.05) is 20.3 Å². The Morgan fingerprint density at radius 2 is 2.38 bits per heavy atom. The molecule has 0 aromatic heterocycles. The van der Waals surface area contributed by atoms with Gasteiger partial charge in [0.05, 0.1) is 0 Å². The molecule has 1 fully saturated rings. The van der Waals surface area contributed by atoms with E-state index in [0.29, 0.717) is 0 Å². The summed E-state index contributed by atoms with van der Waals surface area (Å²) < 4.78 is 0. The molecular weight excluding hydrogens is 96.1 g/mol. The first-order valence-electron chi connectivity index (χ1n) is 3.68. The molecule has 0 aromatic rings. The Bertz CT molecular complexity index is 66.4. The molecule has 1 aliphatic carbocycles. The van der Waals surface area contributed by atoms with Crippen molar-refractivity contribution in [3.8, 4) is 0 Å². The van der Waals surface area contributed by atoms with Crippen LogP contribution in [0.2, 0.25) is 0 Å². The smallest absolute Gasteiger partial charge is 0.0355 e. The molecular formula is C8H15. The van der Waals surface area contributed by atoms with E-state index in [2.05, 4.69) is 20.3 Å². The lowest BCUT2D eigenvalue weighted by Gasteiger charge is -2.10. The highest BCUT2D eigenvalue weighted by atomic mass is 14.3. The van der Waals surface area contributed by atoms with Crippen LogP contribution in [-0.2, 0) is 0 Å². The lowest BCUT2D eigenvalue weighted by atomic mass is 9.96. The maximum absolute atomic E-state index is 2.45. The second kappa shape index (κ2) is 2.52. The lowest BCUT2D eigenvalue weighted by molar-refractivity contribution is 0.433. The molecule has 8 heavy (non-hydrogen) atoms. The zero-order chi connectivity index (χ0) is 5.98. The van der Waals surface area contributed by atoms with E-state index in [1.165, 1.54) is 19.3 Å². The van der Waals surface area contributed by atoms with Crippen molar-refractivity contribution < 1.29 is 0 Å². The van der Waals surface area contributed by atoms with E-state index in [0.717, 1.165) is 11.8 Å². The van der Waals surface area contributed by atoms with Gasteiger partial charge in [-0.15, -0.1) is 0 Å². The van der Waals surface area contributed by atoms with Crippen LogP contribution in [0.15, 0.2) is 0 Å². The molecule has 0 N–H and O–H groups in total. The summed E-state index contributed by atoms with van der Waals surface area (Å²) >= 11 is 0. The molecule has 0 nitrogen and oxygen atoms in total. The monoisotopic (exact) mass is 111 g/mol. The second-order valence-corrected chi connectivity index (χ2v) is 2.84. The van der Waals surface area contributed by atoms with E-state index >= 15 is 0 Å². The van der Waals surface area contributed by atoms with Crippen LogP contribution in [0.1, 0.15) is 33.1 Å². The first-order chi connectivity index (χ1) is 3.84. The van der Waals surface area contributed by atoms with Crippen molar-refractivity contribution in [1.29, 1.82) is 0 Å². The van der Waals surface area contributed by atoms with Gasteiger partial charge in [0.1, 0.15) is 0 Å². The third-order valence-electron chi connectivity index (χ3n) is 2.34. The maximum atomic E-state index is 2.45. The molecule has 47 valence electrons. The van der Waals surface area contributed by atoms with Gasteiger partial charge < -0.3 is 0 Å². The molecule has 0 bridgehead atoms. The summed E-state index contributed by atoms with van der Waals surface area (Å²) in [7, 11) is 0. The quantitative estimate of drug-likeness (QED) is 0.488. The van der Waals surface area contributed by atoms with Crippen LogP contribution in [0.4, 0.5) is 0 Å². The molecule has 0 amide bonds. The van der Waals surface area contributed by atoms with Gasteiger partial charge in [-0.2, -0.15) is 0 Å². The normalized spacial score (nSPS) is 38.2. The summed E-state index contributed by atoms with van der Waals surface area (Å²) in [6.45, 7) is 4.63. The fraction of sp³-hybridized carbons (Fsp3) is 0.875. The van der Waals surface area contributed by atoms with Gasteiger partial charge in [0.25, 0.3) is 0 Å². The van der Waals surface area contributed by atoms with Crippen LogP contribution in [0.25, 0.3) is 0 Å². The van der Waals surface area contributed by atoms with Crippen LogP contribution in [0, 0.1) is 18.3 Å². The van der Waals surface area contributed by atoms with Crippen molar-refractivity contribution in [3.63, 3.8) is 0 Å². The van der Waals surface area contributed by atoms with Crippen LogP contribution in [0.3, 0.4) is 0 Å². The first kappa shape index (κ1) is 6.12. The second-order valence-electron chi connectivity index (χ2n) is 2.84. The zero-order valence-electron chi connectivity index (χ0n) is 5.85. The molecule has 0 saturated heterocycles. The summed E-state index contributed by atoms with van der Waals surface area (Å²) in [6.07, 6.45) is 6.63. The van der Waals surface area contributed by atoms with E-state index in [9.17, 15) is 0 Å². The van der Waals surface area contributed by atoms with E-state index in [1.807, 2.05) is 0 Å². The minimum atomic E-state index is 0.903. The van der Waals surface area contributed by atoms with Gasteiger partial charge in [0.15, 0.2) is 0 Å². The Labute approximate surface area is 52.3 Å². The van der Waals surface area contributed by atoms with E-state index in [1.54, 1.807) is 0 Å². The summed E-state index contributed by atoms with van der Waals surface area (Å²) in [6, 6.07) is 0. The molecule has 2 atom stereocenters. The Kier molecular flexibility index (Phi) is 1.93. The predicted molar refractivity (Wildman–Crippen MR) is 36.5 cm³/mol. The fourth-order valence-corrected chi connectivity index (χ4v) is 1.60. The number of rotatable bonds is 1. The van der Waals surface area contributed by atoms with Gasteiger partial charge in [0, 0.05) is 0 Å². The minimum absolute atomic E-state index is 0.903. The van der Waals surface area contributed by atoms with Gasteiger partial charge in [0.2, 0.25) is 0 Å². The molecule has 1 radical (unpaired) electrons. The molecule has 0 spiro atoms. The number of hydrogen-bond acceptors (Lipinski definition) is 0. The summed E-state index contributed by atoms with van der Waals surface area (Å²) in [5, 5.41) is 0. The summed E-state index contributed by atoms with van der Waals surface area (Å²) in [5.74, 6) is 1.91. The summed E-state index contributed by atoms with van der Waals surface area (Å²) in [5.41, 5.74) is 0. The minimum Gasteiger partial charge on any atom is -0.0651 e. The van der Waals surface area contributed by atoms with E-state index in [4.69, 9.17) is 0 Å². The molecule has 0 heteroatoms. The van der Waals surface area contributed by atoms with Crippen molar-refractivity contribution in [2.75, 3.05) is 0 Å². The third kappa shape index (κ3) is 1.04. The van der Waals surface area contributed by atoms with Crippen molar-refractivity contribution in [3.05, 3.63) is 6.42 Å². The van der Waals surface area contributed by atoms with Crippen LogP contribution in [0.5, 0.6) is 0 Å². The van der Waals surface area contributed by atoms with Crippen molar-refractivity contribution in [2.24, 2.45) is 11.8 Å². The van der Waals surface area contributed by atoms with Gasteiger partial charge in [-0.25, -0.2) is 0 Å². The highest BCUT2D eigenvalue weighted by molar-refractivity contribution is 4.86. The average molecular weight is 111 g/mol. The molecule has 0 aromatic carbocycles. The fourth-order valence-electron chi connectivity index (χ4n) is 1.60. The lowest BCUT2D eigenvalue weighted by Crippen LogP contribution is -2.00. The topological polar surface area (TPSA) is 0 Å².